The van der Waals surface area contributed by atoms with Crippen LogP contribution in [0, 0.1) is 11.8 Å². The Labute approximate surface area is 321 Å². The second-order valence-electron chi connectivity index (χ2n) is 13.9. The molecular weight excluding hydrogens is 740 g/mol. The van der Waals surface area contributed by atoms with E-state index < -0.39 is 47.5 Å². The summed E-state index contributed by atoms with van der Waals surface area (Å²) in [5, 5.41) is 12.5. The van der Waals surface area contributed by atoms with Gasteiger partial charge in [0.2, 0.25) is 11.8 Å². The molecule has 7 atom stereocenters. The molecule has 11 nitrogen and oxygen atoms in total. The smallest absolute Gasteiger partial charge is 0.306 e. The van der Waals surface area contributed by atoms with Crippen LogP contribution >= 0.6 is 15.9 Å². The van der Waals surface area contributed by atoms with Crippen molar-refractivity contribution in [2.45, 2.75) is 81.0 Å². The minimum atomic E-state index is -1.26. The number of allylic oxidation sites excluding steroid dienone is 1. The van der Waals surface area contributed by atoms with Gasteiger partial charge in [0.1, 0.15) is 18.2 Å². The van der Waals surface area contributed by atoms with Gasteiger partial charge in [-0.15, -0.1) is 13.2 Å². The van der Waals surface area contributed by atoms with E-state index >= 15 is 0 Å². The van der Waals surface area contributed by atoms with Gasteiger partial charge in [0.15, 0.2) is 0 Å². The largest absolute Gasteiger partial charge is 0.463 e. The number of carbonyl (C=O) groups excluding carboxylic acids is 4. The monoisotopic (exact) mass is 792 g/mol. The summed E-state index contributed by atoms with van der Waals surface area (Å²) < 4.78 is 12.4. The Morgan fingerprint density at radius 3 is 2.40 bits per heavy atom. The van der Waals surface area contributed by atoms with E-state index in [1.54, 1.807) is 22.0 Å². The lowest BCUT2D eigenvalue weighted by atomic mass is 9.70. The number of carbonyl (C=O) groups is 4. The number of aliphatic hydroxyl groups is 1. The first-order valence-corrected chi connectivity index (χ1v) is 19.7. The first-order valence-electron chi connectivity index (χ1n) is 18.8. The molecule has 2 bridgehead atoms. The van der Waals surface area contributed by atoms with E-state index in [4.69, 9.17) is 9.47 Å². The topological polar surface area (TPSA) is 129 Å². The van der Waals surface area contributed by atoms with Crippen molar-refractivity contribution in [3.05, 3.63) is 85.5 Å². The Bertz CT molecular complexity index is 1600. The molecule has 3 aliphatic rings. The number of nitrogens with one attached hydrogen (secondary N) is 1. The number of hydrogen-bond donors (Lipinski definition) is 2. The van der Waals surface area contributed by atoms with Gasteiger partial charge in [-0.3, -0.25) is 19.2 Å². The zero-order valence-corrected chi connectivity index (χ0v) is 32.4. The van der Waals surface area contributed by atoms with Crippen molar-refractivity contribution in [1.29, 1.82) is 0 Å². The van der Waals surface area contributed by atoms with Gasteiger partial charge in [-0.1, -0.05) is 58.4 Å². The number of unbranched alkanes of at least 4 members (excludes halogenated alkanes) is 2. The van der Waals surface area contributed by atoms with Gasteiger partial charge >= 0.3 is 5.97 Å². The Balaban J connectivity index is 1.47. The van der Waals surface area contributed by atoms with Crippen molar-refractivity contribution < 1.29 is 33.8 Å². The lowest BCUT2D eigenvalue weighted by Gasteiger charge is -2.37. The average Bonchev–Trinajstić information content (AvgIpc) is 3.77. The Kier molecular flexibility index (Phi) is 13.9. The third-order valence-electron chi connectivity index (χ3n) is 10.7. The van der Waals surface area contributed by atoms with Gasteiger partial charge in [-0.05, 0) is 75.8 Å². The van der Waals surface area contributed by atoms with E-state index in [-0.39, 0.29) is 49.4 Å². The number of esters is 1. The van der Waals surface area contributed by atoms with Crippen molar-refractivity contribution in [1.82, 2.24) is 10.2 Å². The summed E-state index contributed by atoms with van der Waals surface area (Å²) in [5.41, 5.74) is 1.20. The fraction of sp³-hybridized carbons (Fsp3) is 0.512. The van der Waals surface area contributed by atoms with Crippen molar-refractivity contribution in [2.24, 2.45) is 11.8 Å². The number of aliphatic hydroxyl groups excluding tert-OH is 1. The predicted molar refractivity (Wildman–Crippen MR) is 209 cm³/mol. The molecule has 3 fully saturated rings. The molecule has 1 unspecified atom stereocenters. The van der Waals surface area contributed by atoms with Crippen molar-refractivity contribution in [3.8, 4) is 0 Å². The molecule has 0 aromatic heterocycles. The molecule has 2 aromatic rings. The molecule has 3 aliphatic heterocycles. The number of fused-ring (bicyclic) bond motifs is 1. The number of hydrogen-bond acceptors (Lipinski definition) is 8. The summed E-state index contributed by atoms with van der Waals surface area (Å²) >= 11 is 3.77. The van der Waals surface area contributed by atoms with E-state index in [9.17, 15) is 24.3 Å². The highest BCUT2D eigenvalue weighted by Crippen LogP contribution is 2.60. The number of nitrogens with zero attached hydrogens (tertiary/aromatic N) is 3. The number of ether oxygens (including phenoxy) is 2. The standard InChI is InChI=1S/C41H53BrN4O7/c1-5-9-18-33(48)52-27-32(28-16-12-10-13-17-28)43-38(49)34-35-39(50)46(24-14-11-15-25-47)37(41(35)26-31(42)36(34)53-41)40(51)45(23-6-2)30-21-19-29(20-22-30)44(7-3)8-4/h5-6,10,12-13,16-17,19-22,31-32,34-37,47H,1-2,7-9,11,14-15,18,23-27H2,3-4H3,(H,43,49)/t31?,32-,34-,35+,36-,37-,41+/m1/s1. The maximum absolute atomic E-state index is 15.0. The lowest BCUT2D eigenvalue weighted by Crippen LogP contribution is -2.57. The molecule has 53 heavy (non-hydrogen) atoms. The van der Waals surface area contributed by atoms with Gasteiger partial charge in [-0.25, -0.2) is 0 Å². The highest BCUT2D eigenvalue weighted by molar-refractivity contribution is 9.09. The molecule has 0 saturated carbocycles. The SMILES string of the molecule is C=CCCC(=O)OC[C@@H](NC(=O)[C@H]1[C@@H]2O[C@@]3(CC2Br)[C@@H]1C(=O)N(CCCCCO)[C@@H]3C(=O)N(CC=C)c1ccc(N(CC)CC)cc1)c1ccccc1. The predicted octanol–water partition coefficient (Wildman–Crippen LogP) is 5.33. The van der Waals surface area contributed by atoms with Gasteiger partial charge in [-0.2, -0.15) is 0 Å². The first kappa shape index (κ1) is 40.2. The number of halogens is 1. The fourth-order valence-electron chi connectivity index (χ4n) is 8.19. The second kappa shape index (κ2) is 18.4. The minimum Gasteiger partial charge on any atom is -0.463 e. The van der Waals surface area contributed by atoms with E-state index in [0.717, 1.165) is 24.3 Å². The van der Waals surface area contributed by atoms with Crippen LogP contribution in [0.1, 0.15) is 64.0 Å². The summed E-state index contributed by atoms with van der Waals surface area (Å²) in [6, 6.07) is 15.4. The van der Waals surface area contributed by atoms with E-state index in [0.29, 0.717) is 37.8 Å². The third-order valence-corrected chi connectivity index (χ3v) is 11.6. The molecule has 2 aromatic carbocycles. The van der Waals surface area contributed by atoms with Crippen LogP contribution in [0.2, 0.25) is 0 Å². The highest BCUT2D eigenvalue weighted by atomic mass is 79.9. The molecule has 1 spiro atoms. The summed E-state index contributed by atoms with van der Waals surface area (Å²) in [7, 11) is 0. The van der Waals surface area contributed by atoms with E-state index in [1.165, 1.54) is 0 Å². The zero-order chi connectivity index (χ0) is 38.1. The Morgan fingerprint density at radius 1 is 1.06 bits per heavy atom. The van der Waals surface area contributed by atoms with Crippen LogP contribution in [-0.2, 0) is 28.7 Å². The number of anilines is 2. The molecule has 286 valence electrons. The number of likely N-dealkylation sites (tertiary alicyclic amines) is 1. The Hall–Kier alpha value is -4.00. The summed E-state index contributed by atoms with van der Waals surface area (Å²) in [4.78, 5) is 61.8. The molecule has 3 heterocycles. The molecule has 0 radical (unpaired) electrons. The molecule has 0 aliphatic carbocycles. The first-order chi connectivity index (χ1) is 25.6. The van der Waals surface area contributed by atoms with Crippen molar-refractivity contribution in [3.63, 3.8) is 0 Å². The lowest BCUT2D eigenvalue weighted by molar-refractivity contribution is -0.145. The summed E-state index contributed by atoms with van der Waals surface area (Å²) in [5.74, 6) is -3.21. The van der Waals surface area contributed by atoms with Crippen LogP contribution in [0.15, 0.2) is 79.9 Å². The fourth-order valence-corrected chi connectivity index (χ4v) is 9.14. The second-order valence-corrected chi connectivity index (χ2v) is 15.1. The van der Waals surface area contributed by atoms with Crippen LogP contribution in [0.4, 0.5) is 11.4 Å². The van der Waals surface area contributed by atoms with E-state index in [2.05, 4.69) is 53.2 Å². The Morgan fingerprint density at radius 2 is 1.75 bits per heavy atom. The normalized spacial score (nSPS) is 24.7. The quantitative estimate of drug-likeness (QED) is 0.0798. The minimum absolute atomic E-state index is 0.0317. The van der Waals surface area contributed by atoms with Crippen LogP contribution in [-0.4, -0.2) is 95.7 Å². The number of alkyl halides is 1. The van der Waals surface area contributed by atoms with Crippen LogP contribution in [0.25, 0.3) is 0 Å². The molecule has 3 amide bonds. The van der Waals surface area contributed by atoms with Crippen LogP contribution < -0.4 is 15.1 Å². The third kappa shape index (κ3) is 8.39. The van der Waals surface area contributed by atoms with E-state index in [1.807, 2.05) is 54.6 Å². The number of rotatable bonds is 20. The highest BCUT2D eigenvalue weighted by Gasteiger charge is 2.76. The number of benzene rings is 2. The van der Waals surface area contributed by atoms with Crippen LogP contribution in [0.5, 0.6) is 0 Å². The van der Waals surface area contributed by atoms with Crippen molar-refractivity contribution in [2.75, 3.05) is 49.2 Å². The zero-order valence-electron chi connectivity index (χ0n) is 30.8. The van der Waals surface area contributed by atoms with Gasteiger partial charge in [0.05, 0.1) is 24.0 Å². The molecular formula is C41H53BrN4O7. The molecule has 2 N–H and O–H groups in total. The number of amides is 3. The maximum Gasteiger partial charge on any atom is 0.306 e. The van der Waals surface area contributed by atoms with Gasteiger partial charge in [0.25, 0.3) is 5.91 Å². The summed E-state index contributed by atoms with van der Waals surface area (Å²) in [6.07, 6.45) is 5.48. The molecule has 5 rings (SSSR count). The average molecular weight is 794 g/mol. The van der Waals surface area contributed by atoms with Gasteiger partial charge < -0.3 is 34.6 Å². The van der Waals surface area contributed by atoms with Gasteiger partial charge in [0, 0.05) is 55.4 Å². The maximum atomic E-state index is 15.0. The molecule has 3 saturated heterocycles. The van der Waals surface area contributed by atoms with Crippen molar-refractivity contribution >= 4 is 51.0 Å². The van der Waals surface area contributed by atoms with Crippen LogP contribution in [0.3, 0.4) is 0 Å². The molecule has 12 heteroatoms. The summed E-state index contributed by atoms with van der Waals surface area (Å²) in [6.45, 7) is 13.9.